The van der Waals surface area contributed by atoms with Crippen LogP contribution in [0.1, 0.15) is 33.6 Å². The lowest BCUT2D eigenvalue weighted by molar-refractivity contribution is -0.123. The number of carbonyl (C=O) groups excluding carboxylic acids is 1. The molecule has 5 nitrogen and oxygen atoms in total. The summed E-state index contributed by atoms with van der Waals surface area (Å²) in [7, 11) is 0. The monoisotopic (exact) mass is 243 g/mol. The average Bonchev–Trinajstić information content (AvgIpc) is 2.15. The van der Waals surface area contributed by atoms with Crippen molar-refractivity contribution in [3.63, 3.8) is 0 Å². The normalized spacial score (nSPS) is 24.2. The van der Waals surface area contributed by atoms with Crippen LogP contribution in [-0.4, -0.2) is 48.2 Å². The molecule has 100 valence electrons. The molecule has 0 aliphatic carbocycles. The van der Waals surface area contributed by atoms with E-state index in [2.05, 4.69) is 18.7 Å². The summed E-state index contributed by atoms with van der Waals surface area (Å²) in [6.07, 6.45) is 1.51. The molecule has 0 aromatic carbocycles. The fraction of sp³-hybridized carbons (Fsp3) is 0.917. The molecule has 0 bridgehead atoms. The van der Waals surface area contributed by atoms with Crippen molar-refractivity contribution < 1.29 is 9.53 Å². The van der Waals surface area contributed by atoms with Gasteiger partial charge in [-0.2, -0.15) is 0 Å². The molecule has 1 saturated heterocycles. The molecule has 0 spiro atoms. The average molecular weight is 243 g/mol. The van der Waals surface area contributed by atoms with Gasteiger partial charge < -0.3 is 16.2 Å². The maximum Gasteiger partial charge on any atom is 0.237 e. The first kappa shape index (κ1) is 14.4. The minimum absolute atomic E-state index is 0.0754. The molecule has 1 aliphatic heterocycles. The van der Waals surface area contributed by atoms with E-state index < -0.39 is 11.4 Å². The molecule has 1 aliphatic rings. The lowest BCUT2D eigenvalue weighted by Crippen LogP contribution is -2.51. The van der Waals surface area contributed by atoms with E-state index in [4.69, 9.17) is 16.2 Å². The largest absolute Gasteiger partial charge is 0.373 e. The van der Waals surface area contributed by atoms with Gasteiger partial charge in [-0.15, -0.1) is 0 Å². The molecular formula is C12H25N3O2. The molecule has 0 saturated carbocycles. The summed E-state index contributed by atoms with van der Waals surface area (Å²) in [4.78, 5) is 13.4. The molecule has 1 rings (SSSR count). The molecule has 1 atom stereocenters. The van der Waals surface area contributed by atoms with E-state index in [-0.39, 0.29) is 5.60 Å². The lowest BCUT2D eigenvalue weighted by Gasteiger charge is -2.38. The van der Waals surface area contributed by atoms with Gasteiger partial charge in [0.1, 0.15) is 0 Å². The van der Waals surface area contributed by atoms with E-state index in [0.29, 0.717) is 6.42 Å². The van der Waals surface area contributed by atoms with Gasteiger partial charge in [-0.25, -0.2) is 0 Å². The van der Waals surface area contributed by atoms with Gasteiger partial charge in [-0.05, 0) is 40.2 Å². The summed E-state index contributed by atoms with van der Waals surface area (Å²) in [5.74, 6) is -0.431. The number of morpholine rings is 1. The Balaban J connectivity index is 2.30. The van der Waals surface area contributed by atoms with Crippen LogP contribution in [0.2, 0.25) is 0 Å². The Morgan fingerprint density at radius 1 is 1.53 bits per heavy atom. The van der Waals surface area contributed by atoms with Gasteiger partial charge >= 0.3 is 0 Å². The molecule has 17 heavy (non-hydrogen) atoms. The van der Waals surface area contributed by atoms with Crippen molar-refractivity contribution >= 4 is 5.91 Å². The lowest BCUT2D eigenvalue weighted by atomic mass is 9.96. The van der Waals surface area contributed by atoms with Crippen LogP contribution < -0.4 is 11.5 Å². The van der Waals surface area contributed by atoms with E-state index >= 15 is 0 Å². The zero-order valence-electron chi connectivity index (χ0n) is 11.2. The molecule has 1 unspecified atom stereocenters. The van der Waals surface area contributed by atoms with E-state index in [9.17, 15) is 4.79 Å². The number of ether oxygens (including phenoxy) is 1. The van der Waals surface area contributed by atoms with Gasteiger partial charge in [0.05, 0.1) is 17.7 Å². The second-order valence-corrected chi connectivity index (χ2v) is 5.77. The van der Waals surface area contributed by atoms with Crippen molar-refractivity contribution in [2.45, 2.75) is 44.8 Å². The Hall–Kier alpha value is -0.650. The molecular weight excluding hydrogens is 218 g/mol. The van der Waals surface area contributed by atoms with E-state index in [1.807, 2.05) is 0 Å². The first-order chi connectivity index (χ1) is 7.73. The van der Waals surface area contributed by atoms with Gasteiger partial charge in [-0.1, -0.05) is 0 Å². The Bertz CT molecular complexity index is 277. The van der Waals surface area contributed by atoms with Crippen molar-refractivity contribution in [1.29, 1.82) is 0 Å². The second-order valence-electron chi connectivity index (χ2n) is 5.77. The smallest absolute Gasteiger partial charge is 0.237 e. The van der Waals surface area contributed by atoms with E-state index in [0.717, 1.165) is 32.7 Å². The highest BCUT2D eigenvalue weighted by Crippen LogP contribution is 2.17. The predicted octanol–water partition coefficient (Wildman–Crippen LogP) is 0.0801. The third-order valence-electron chi connectivity index (χ3n) is 3.24. The SMILES string of the molecule is CC1(C)CN(CCCC(C)(N)C(N)=O)CCO1. The second kappa shape index (κ2) is 5.33. The van der Waals surface area contributed by atoms with Crippen LogP contribution in [0.5, 0.6) is 0 Å². The Kier molecular flexibility index (Phi) is 4.52. The third kappa shape index (κ3) is 4.61. The zero-order chi connectivity index (χ0) is 13.1. The van der Waals surface area contributed by atoms with Gasteiger partial charge in [0.15, 0.2) is 0 Å². The van der Waals surface area contributed by atoms with Crippen molar-refractivity contribution in [2.24, 2.45) is 11.5 Å². The summed E-state index contributed by atoms with van der Waals surface area (Å²) in [5.41, 5.74) is 10.1. The van der Waals surface area contributed by atoms with Crippen molar-refractivity contribution in [2.75, 3.05) is 26.2 Å². The number of hydrogen-bond acceptors (Lipinski definition) is 4. The topological polar surface area (TPSA) is 81.6 Å². The molecule has 1 amide bonds. The highest BCUT2D eigenvalue weighted by atomic mass is 16.5. The Morgan fingerprint density at radius 2 is 2.18 bits per heavy atom. The third-order valence-corrected chi connectivity index (χ3v) is 3.24. The highest BCUT2D eigenvalue weighted by Gasteiger charge is 2.28. The Morgan fingerprint density at radius 3 is 2.71 bits per heavy atom. The molecule has 1 heterocycles. The molecule has 0 radical (unpaired) electrons. The predicted molar refractivity (Wildman–Crippen MR) is 67.5 cm³/mol. The summed E-state index contributed by atoms with van der Waals surface area (Å²) >= 11 is 0. The fourth-order valence-electron chi connectivity index (χ4n) is 2.10. The minimum Gasteiger partial charge on any atom is -0.373 e. The van der Waals surface area contributed by atoms with Gasteiger partial charge in [0.2, 0.25) is 5.91 Å². The highest BCUT2D eigenvalue weighted by molar-refractivity contribution is 5.83. The van der Waals surface area contributed by atoms with Crippen molar-refractivity contribution in [1.82, 2.24) is 4.90 Å². The minimum atomic E-state index is -0.887. The molecule has 1 fully saturated rings. The van der Waals surface area contributed by atoms with Crippen LogP contribution in [0.15, 0.2) is 0 Å². The number of amides is 1. The molecule has 0 aromatic heterocycles. The number of nitrogens with zero attached hydrogens (tertiary/aromatic N) is 1. The number of nitrogens with two attached hydrogens (primary N) is 2. The maximum atomic E-state index is 11.1. The van der Waals surface area contributed by atoms with Crippen molar-refractivity contribution in [3.8, 4) is 0 Å². The molecule has 5 heteroatoms. The van der Waals surface area contributed by atoms with E-state index in [1.165, 1.54) is 0 Å². The first-order valence-corrected chi connectivity index (χ1v) is 6.18. The van der Waals surface area contributed by atoms with Crippen molar-refractivity contribution in [3.05, 3.63) is 0 Å². The van der Waals surface area contributed by atoms with Crippen LogP contribution in [0.3, 0.4) is 0 Å². The zero-order valence-corrected chi connectivity index (χ0v) is 11.2. The van der Waals surface area contributed by atoms with E-state index in [1.54, 1.807) is 6.92 Å². The van der Waals surface area contributed by atoms with Gasteiger partial charge in [0.25, 0.3) is 0 Å². The van der Waals surface area contributed by atoms with Crippen LogP contribution in [0.25, 0.3) is 0 Å². The summed E-state index contributed by atoms with van der Waals surface area (Å²) in [6.45, 7) is 9.45. The first-order valence-electron chi connectivity index (χ1n) is 6.18. The summed E-state index contributed by atoms with van der Waals surface area (Å²) < 4.78 is 5.64. The number of primary amides is 1. The van der Waals surface area contributed by atoms with Gasteiger partial charge in [-0.3, -0.25) is 9.69 Å². The maximum absolute atomic E-state index is 11.1. The molecule has 0 aromatic rings. The number of carbonyl (C=O) groups is 1. The van der Waals surface area contributed by atoms with Gasteiger partial charge in [0, 0.05) is 13.1 Å². The number of rotatable bonds is 5. The molecule has 4 N–H and O–H groups in total. The van der Waals surface area contributed by atoms with Crippen LogP contribution >= 0.6 is 0 Å². The fourth-order valence-corrected chi connectivity index (χ4v) is 2.10. The quantitative estimate of drug-likeness (QED) is 0.716. The summed E-state index contributed by atoms with van der Waals surface area (Å²) in [5, 5.41) is 0. The van der Waals surface area contributed by atoms with Crippen LogP contribution in [-0.2, 0) is 9.53 Å². The standard InChI is InChI=1S/C12H25N3O2/c1-11(2)9-15(7-8-17-11)6-4-5-12(3,14)10(13)16/h4-9,14H2,1-3H3,(H2,13,16). The van der Waals surface area contributed by atoms with Crippen LogP contribution in [0, 0.1) is 0 Å². The summed E-state index contributed by atoms with van der Waals surface area (Å²) in [6, 6.07) is 0. The number of hydrogen-bond donors (Lipinski definition) is 2. The van der Waals surface area contributed by atoms with Crippen LogP contribution in [0.4, 0.5) is 0 Å². The Labute approximate surface area is 103 Å².